The summed E-state index contributed by atoms with van der Waals surface area (Å²) >= 11 is 6.07. The van der Waals surface area contributed by atoms with Gasteiger partial charge in [-0.15, -0.1) is 0 Å². The molecule has 1 aliphatic rings. The van der Waals surface area contributed by atoms with Gasteiger partial charge in [-0.3, -0.25) is 0 Å². The van der Waals surface area contributed by atoms with Gasteiger partial charge in [-0.1, -0.05) is 6.07 Å². The maximum Gasteiger partial charge on any atom is 0.416 e. The Hall–Kier alpha value is -2.39. The molecule has 1 N–H and O–H groups in total. The summed E-state index contributed by atoms with van der Waals surface area (Å²) < 4.78 is 40.4. The molecule has 0 spiro atoms. The van der Waals surface area contributed by atoms with Gasteiger partial charge in [0.2, 0.25) is 5.28 Å². The van der Waals surface area contributed by atoms with Crippen molar-refractivity contribution in [2.24, 2.45) is 0 Å². The number of aliphatic hydroxyl groups excluding tert-OH is 1. The van der Waals surface area contributed by atoms with E-state index in [0.29, 0.717) is 42.8 Å². The van der Waals surface area contributed by atoms with Crippen LogP contribution in [0.3, 0.4) is 0 Å². The smallest absolute Gasteiger partial charge is 0.393 e. The number of halogens is 4. The van der Waals surface area contributed by atoms with Crippen LogP contribution in [0.1, 0.15) is 18.4 Å². The lowest BCUT2D eigenvalue weighted by Gasteiger charge is -2.30. The highest BCUT2D eigenvalue weighted by molar-refractivity contribution is 6.28. The van der Waals surface area contributed by atoms with E-state index >= 15 is 0 Å². The number of nitrogens with zero attached hydrogens (tertiary/aromatic N) is 5. The van der Waals surface area contributed by atoms with Crippen molar-refractivity contribution >= 4 is 28.5 Å². The predicted molar refractivity (Wildman–Crippen MR) is 94.1 cm³/mol. The van der Waals surface area contributed by atoms with E-state index in [-0.39, 0.29) is 17.1 Å². The molecule has 1 saturated heterocycles. The maximum absolute atomic E-state index is 13.0. The predicted octanol–water partition coefficient (Wildman–Crippen LogP) is 3.45. The van der Waals surface area contributed by atoms with Gasteiger partial charge in [-0.25, -0.2) is 4.68 Å². The fourth-order valence-electron chi connectivity index (χ4n) is 3.19. The fraction of sp³-hybridized carbons (Fsp3) is 0.353. The molecule has 4 rings (SSSR count). The van der Waals surface area contributed by atoms with E-state index in [1.54, 1.807) is 0 Å². The van der Waals surface area contributed by atoms with Crippen LogP contribution in [-0.2, 0) is 6.18 Å². The molecule has 142 valence electrons. The molecule has 1 aliphatic heterocycles. The lowest BCUT2D eigenvalue weighted by atomic mass is 10.1. The van der Waals surface area contributed by atoms with Gasteiger partial charge >= 0.3 is 6.18 Å². The lowest BCUT2D eigenvalue weighted by molar-refractivity contribution is -0.137. The van der Waals surface area contributed by atoms with Gasteiger partial charge in [0.15, 0.2) is 5.65 Å². The van der Waals surface area contributed by atoms with Crippen LogP contribution in [0, 0.1) is 0 Å². The van der Waals surface area contributed by atoms with E-state index in [9.17, 15) is 18.3 Å². The number of rotatable bonds is 2. The largest absolute Gasteiger partial charge is 0.416 e. The van der Waals surface area contributed by atoms with Crippen LogP contribution in [0.5, 0.6) is 0 Å². The number of aromatic nitrogens is 4. The molecule has 27 heavy (non-hydrogen) atoms. The molecule has 1 fully saturated rings. The van der Waals surface area contributed by atoms with Gasteiger partial charge in [0.25, 0.3) is 0 Å². The van der Waals surface area contributed by atoms with Crippen LogP contribution in [-0.4, -0.2) is 44.0 Å². The quantitative estimate of drug-likeness (QED) is 0.671. The number of aliphatic hydroxyl groups is 1. The summed E-state index contributed by atoms with van der Waals surface area (Å²) in [7, 11) is 0. The van der Waals surface area contributed by atoms with E-state index in [2.05, 4.69) is 15.1 Å². The Morgan fingerprint density at radius 3 is 2.59 bits per heavy atom. The zero-order chi connectivity index (χ0) is 19.2. The first kappa shape index (κ1) is 18.0. The zero-order valence-electron chi connectivity index (χ0n) is 14.0. The van der Waals surface area contributed by atoms with Crippen molar-refractivity contribution in [3.05, 3.63) is 41.3 Å². The molecule has 10 heteroatoms. The number of hydrogen-bond donors (Lipinski definition) is 1. The Bertz CT molecular complexity index is 982. The molecule has 0 unspecified atom stereocenters. The number of hydrogen-bond acceptors (Lipinski definition) is 5. The highest BCUT2D eigenvalue weighted by atomic mass is 35.5. The SMILES string of the molecule is OC1CCN(c2nc(Cl)nc3c2cnn3-c2cccc(C(F)(F)F)c2)CC1. The summed E-state index contributed by atoms with van der Waals surface area (Å²) in [5.41, 5.74) is -0.209. The van der Waals surface area contributed by atoms with Gasteiger partial charge < -0.3 is 10.0 Å². The molecule has 3 aromatic rings. The Balaban J connectivity index is 1.81. The van der Waals surface area contributed by atoms with Crippen LogP contribution in [0.15, 0.2) is 30.5 Å². The van der Waals surface area contributed by atoms with Gasteiger partial charge in [0.1, 0.15) is 5.82 Å². The summed E-state index contributed by atoms with van der Waals surface area (Å²) in [6, 6.07) is 4.86. The van der Waals surface area contributed by atoms with Gasteiger partial charge in [-0.2, -0.15) is 28.2 Å². The van der Waals surface area contributed by atoms with E-state index in [0.717, 1.165) is 12.1 Å². The third kappa shape index (κ3) is 3.44. The molecule has 3 heterocycles. The average molecular weight is 398 g/mol. The minimum Gasteiger partial charge on any atom is -0.393 e. The van der Waals surface area contributed by atoms with Crippen molar-refractivity contribution in [2.45, 2.75) is 25.1 Å². The molecule has 0 amide bonds. The Morgan fingerprint density at radius 1 is 1.15 bits per heavy atom. The Morgan fingerprint density at radius 2 is 1.89 bits per heavy atom. The maximum atomic E-state index is 13.0. The van der Waals surface area contributed by atoms with Crippen LogP contribution >= 0.6 is 11.6 Å². The minimum atomic E-state index is -4.45. The van der Waals surface area contributed by atoms with Gasteiger partial charge in [0, 0.05) is 13.1 Å². The molecular formula is C17H15ClF3N5O. The first-order valence-corrected chi connectivity index (χ1v) is 8.72. The summed E-state index contributed by atoms with van der Waals surface area (Å²) in [5.74, 6) is 0.565. The van der Waals surface area contributed by atoms with Crippen LogP contribution in [0.4, 0.5) is 19.0 Å². The third-order valence-corrected chi connectivity index (χ3v) is 4.73. The van der Waals surface area contributed by atoms with E-state index in [1.165, 1.54) is 23.0 Å². The van der Waals surface area contributed by atoms with Crippen LogP contribution in [0.2, 0.25) is 5.28 Å². The highest BCUT2D eigenvalue weighted by Gasteiger charge is 2.31. The van der Waals surface area contributed by atoms with Gasteiger partial charge in [-0.05, 0) is 42.6 Å². The van der Waals surface area contributed by atoms with Crippen molar-refractivity contribution in [3.8, 4) is 5.69 Å². The fourth-order valence-corrected chi connectivity index (χ4v) is 3.35. The van der Waals surface area contributed by atoms with Crippen molar-refractivity contribution in [3.63, 3.8) is 0 Å². The molecule has 0 saturated carbocycles. The summed E-state index contributed by atoms with van der Waals surface area (Å²) in [6.07, 6.45) is -2.07. The number of anilines is 1. The summed E-state index contributed by atoms with van der Waals surface area (Å²) in [4.78, 5) is 10.4. The van der Waals surface area contributed by atoms with Crippen molar-refractivity contribution in [1.29, 1.82) is 0 Å². The molecule has 6 nitrogen and oxygen atoms in total. The first-order chi connectivity index (χ1) is 12.8. The lowest BCUT2D eigenvalue weighted by Crippen LogP contribution is -2.36. The van der Waals surface area contributed by atoms with Gasteiger partial charge in [0.05, 0.1) is 28.9 Å². The second kappa shape index (κ2) is 6.65. The molecule has 2 aromatic heterocycles. The first-order valence-electron chi connectivity index (χ1n) is 8.35. The second-order valence-corrected chi connectivity index (χ2v) is 6.71. The number of piperidine rings is 1. The monoisotopic (exact) mass is 397 g/mol. The Kier molecular flexibility index (Phi) is 4.43. The summed E-state index contributed by atoms with van der Waals surface area (Å²) in [5, 5.41) is 14.5. The molecule has 0 radical (unpaired) electrons. The average Bonchev–Trinajstić information content (AvgIpc) is 3.05. The van der Waals surface area contributed by atoms with Crippen molar-refractivity contribution < 1.29 is 18.3 Å². The molecule has 1 aromatic carbocycles. The van der Waals surface area contributed by atoms with E-state index in [4.69, 9.17) is 11.6 Å². The zero-order valence-corrected chi connectivity index (χ0v) is 14.7. The molecule has 0 atom stereocenters. The van der Waals surface area contributed by atoms with E-state index < -0.39 is 11.7 Å². The molecular weight excluding hydrogens is 383 g/mol. The topological polar surface area (TPSA) is 67.1 Å². The highest BCUT2D eigenvalue weighted by Crippen LogP contribution is 2.32. The second-order valence-electron chi connectivity index (χ2n) is 6.38. The van der Waals surface area contributed by atoms with Crippen molar-refractivity contribution in [1.82, 2.24) is 19.7 Å². The minimum absolute atomic E-state index is 0.0163. The van der Waals surface area contributed by atoms with E-state index in [1.807, 2.05) is 4.90 Å². The third-order valence-electron chi connectivity index (χ3n) is 4.56. The molecule has 0 aliphatic carbocycles. The molecule has 0 bridgehead atoms. The van der Waals surface area contributed by atoms with Crippen LogP contribution in [0.25, 0.3) is 16.7 Å². The summed E-state index contributed by atoms with van der Waals surface area (Å²) in [6.45, 7) is 1.19. The van der Waals surface area contributed by atoms with Crippen LogP contribution < -0.4 is 4.90 Å². The number of fused-ring (bicyclic) bond motifs is 1. The standard InChI is InChI=1S/C17H15ClF3N5O/c18-16-23-14(25-6-4-12(27)5-7-25)13-9-22-26(15(13)24-16)11-3-1-2-10(8-11)17(19,20)21/h1-3,8-9,12,27H,4-7H2. The Labute approximate surface area is 157 Å². The van der Waals surface area contributed by atoms with Crippen molar-refractivity contribution in [2.75, 3.05) is 18.0 Å². The number of benzene rings is 1. The normalized spacial score (nSPS) is 16.3. The number of alkyl halides is 3.